The Labute approximate surface area is 207 Å². The first-order chi connectivity index (χ1) is 15.7. The predicted molar refractivity (Wildman–Crippen MR) is 136 cm³/mol. The molecule has 0 aromatic carbocycles. The van der Waals surface area contributed by atoms with E-state index in [0.29, 0.717) is 23.5 Å². The Balaban J connectivity index is 1.59. The highest BCUT2D eigenvalue weighted by Crippen LogP contribution is 2.76. The molecule has 190 valence electrons. The minimum atomic E-state index is -0.405. The van der Waals surface area contributed by atoms with Crippen LogP contribution in [0.1, 0.15) is 113 Å². The molecule has 4 saturated carbocycles. The SMILES string of the molecule is COC(=O)[C@]12CCC(C)(C)C=C1[C@H]1CC[C@H]3[C@@]4(C)CCC(=O)C(C)(C)[C@H]4CC[C@@]3(C)[C@]1(C)CC2. The van der Waals surface area contributed by atoms with Gasteiger partial charge in [-0.1, -0.05) is 60.1 Å². The topological polar surface area (TPSA) is 43.4 Å². The summed E-state index contributed by atoms with van der Waals surface area (Å²) >= 11 is 0. The van der Waals surface area contributed by atoms with Crippen molar-refractivity contribution >= 4 is 11.8 Å². The second-order valence-electron chi connectivity index (χ2n) is 14.9. The van der Waals surface area contributed by atoms with Gasteiger partial charge in [0.15, 0.2) is 0 Å². The molecular weight excluding hydrogens is 420 g/mol. The highest BCUT2D eigenvalue weighted by atomic mass is 16.5. The Kier molecular flexibility index (Phi) is 5.22. The minimum absolute atomic E-state index is 0.00629. The molecule has 0 unspecified atom stereocenters. The first-order valence-electron chi connectivity index (χ1n) is 14.0. The van der Waals surface area contributed by atoms with Crippen molar-refractivity contribution in [3.05, 3.63) is 11.6 Å². The van der Waals surface area contributed by atoms with Crippen molar-refractivity contribution in [1.29, 1.82) is 0 Å². The molecule has 0 bridgehead atoms. The fourth-order valence-electron chi connectivity index (χ4n) is 10.7. The van der Waals surface area contributed by atoms with Crippen LogP contribution in [0.25, 0.3) is 0 Å². The van der Waals surface area contributed by atoms with Crippen molar-refractivity contribution in [3.8, 4) is 0 Å². The second kappa shape index (κ2) is 7.22. The van der Waals surface area contributed by atoms with E-state index in [4.69, 9.17) is 4.74 Å². The van der Waals surface area contributed by atoms with Crippen LogP contribution in [0.3, 0.4) is 0 Å². The van der Waals surface area contributed by atoms with Gasteiger partial charge >= 0.3 is 5.97 Å². The number of carbonyl (C=O) groups is 2. The molecule has 0 aromatic rings. The average molecular weight is 469 g/mol. The number of rotatable bonds is 1. The van der Waals surface area contributed by atoms with Gasteiger partial charge in [-0.15, -0.1) is 0 Å². The maximum absolute atomic E-state index is 13.3. The van der Waals surface area contributed by atoms with E-state index in [-0.39, 0.29) is 33.0 Å². The molecule has 0 heterocycles. The number of methoxy groups -OCH3 is 1. The van der Waals surface area contributed by atoms with E-state index in [1.54, 1.807) is 7.11 Å². The van der Waals surface area contributed by atoms with E-state index >= 15 is 0 Å². The monoisotopic (exact) mass is 468 g/mol. The number of hydrogen-bond acceptors (Lipinski definition) is 3. The molecule has 5 aliphatic carbocycles. The van der Waals surface area contributed by atoms with Crippen LogP contribution in [0.2, 0.25) is 0 Å². The number of ketones is 1. The maximum Gasteiger partial charge on any atom is 0.315 e. The lowest BCUT2D eigenvalue weighted by atomic mass is 9.32. The van der Waals surface area contributed by atoms with Crippen molar-refractivity contribution in [1.82, 2.24) is 0 Å². The van der Waals surface area contributed by atoms with Crippen molar-refractivity contribution in [3.63, 3.8) is 0 Å². The van der Waals surface area contributed by atoms with Gasteiger partial charge in [0, 0.05) is 11.8 Å². The summed E-state index contributed by atoms with van der Waals surface area (Å²) in [6, 6.07) is 0. The second-order valence-corrected chi connectivity index (χ2v) is 14.9. The van der Waals surface area contributed by atoms with E-state index in [9.17, 15) is 9.59 Å². The van der Waals surface area contributed by atoms with Crippen LogP contribution in [0, 0.1) is 50.2 Å². The number of esters is 1. The third kappa shape index (κ3) is 2.88. The molecular formula is C31H48O3. The first-order valence-corrected chi connectivity index (χ1v) is 14.0. The van der Waals surface area contributed by atoms with Crippen LogP contribution in [0.5, 0.6) is 0 Å². The Morgan fingerprint density at radius 2 is 1.50 bits per heavy atom. The van der Waals surface area contributed by atoms with Gasteiger partial charge in [-0.25, -0.2) is 0 Å². The van der Waals surface area contributed by atoms with Crippen LogP contribution < -0.4 is 0 Å². The third-order valence-corrected chi connectivity index (χ3v) is 12.9. The fraction of sp³-hybridized carbons (Fsp3) is 0.871. The molecule has 4 fully saturated rings. The van der Waals surface area contributed by atoms with Gasteiger partial charge in [0.2, 0.25) is 0 Å². The molecule has 0 radical (unpaired) electrons. The lowest BCUT2D eigenvalue weighted by Gasteiger charge is -2.71. The molecule has 3 nitrogen and oxygen atoms in total. The van der Waals surface area contributed by atoms with E-state index in [1.165, 1.54) is 24.8 Å². The van der Waals surface area contributed by atoms with Crippen molar-refractivity contribution in [2.45, 2.75) is 113 Å². The van der Waals surface area contributed by atoms with Crippen molar-refractivity contribution < 1.29 is 14.3 Å². The molecule has 0 aromatic heterocycles. The highest BCUT2D eigenvalue weighted by molar-refractivity contribution is 5.85. The molecule has 0 N–H and O–H groups in total. The molecule has 34 heavy (non-hydrogen) atoms. The third-order valence-electron chi connectivity index (χ3n) is 12.9. The molecule has 0 spiro atoms. The number of fused-ring (bicyclic) bond motifs is 7. The lowest BCUT2D eigenvalue weighted by Crippen LogP contribution is -2.65. The number of allylic oxidation sites excluding steroid dienone is 1. The number of Topliss-reactive ketones (excluding diaryl/α,β-unsaturated/α-hetero) is 1. The molecule has 5 rings (SSSR count). The Hall–Kier alpha value is -1.12. The normalized spacial score (nSPS) is 49.0. The fourth-order valence-corrected chi connectivity index (χ4v) is 10.7. The average Bonchev–Trinajstić information content (AvgIpc) is 2.76. The van der Waals surface area contributed by atoms with Gasteiger partial charge in [0.25, 0.3) is 0 Å². The summed E-state index contributed by atoms with van der Waals surface area (Å²) in [5, 5.41) is 0. The van der Waals surface area contributed by atoms with Gasteiger partial charge in [0.05, 0.1) is 12.5 Å². The van der Waals surface area contributed by atoms with E-state index < -0.39 is 5.41 Å². The van der Waals surface area contributed by atoms with Crippen LogP contribution >= 0.6 is 0 Å². The number of ether oxygens (including phenoxy) is 1. The van der Waals surface area contributed by atoms with Gasteiger partial charge in [-0.2, -0.15) is 0 Å². The summed E-state index contributed by atoms with van der Waals surface area (Å²) in [6.07, 6.45) is 13.1. The summed E-state index contributed by atoms with van der Waals surface area (Å²) in [7, 11) is 1.58. The van der Waals surface area contributed by atoms with Crippen LogP contribution in [-0.4, -0.2) is 18.9 Å². The van der Waals surface area contributed by atoms with E-state index in [1.807, 2.05) is 0 Å². The van der Waals surface area contributed by atoms with Gasteiger partial charge in [0.1, 0.15) is 5.78 Å². The first kappa shape index (κ1) is 24.6. The largest absolute Gasteiger partial charge is 0.468 e. The Bertz CT molecular complexity index is 942. The van der Waals surface area contributed by atoms with Gasteiger partial charge in [-0.3, -0.25) is 9.59 Å². The summed E-state index contributed by atoms with van der Waals surface area (Å²) < 4.78 is 5.47. The maximum atomic E-state index is 13.3. The molecule has 0 aliphatic heterocycles. The molecule has 5 aliphatic rings. The Morgan fingerprint density at radius 3 is 2.18 bits per heavy atom. The highest BCUT2D eigenvalue weighted by Gasteiger charge is 2.69. The molecule has 0 amide bonds. The van der Waals surface area contributed by atoms with Gasteiger partial charge in [-0.05, 0) is 97.2 Å². The summed E-state index contributed by atoms with van der Waals surface area (Å²) in [6.45, 7) is 16.9. The standard InChI is InChI=1S/C31H48O3/c1-26(2)15-17-31(25(33)34-8)18-16-29(6)20(21(31)19-26)9-10-23-28(5)13-12-24(32)27(3,4)22(28)11-14-30(23,29)7/h19-20,22-23H,9-18H2,1-8H3/t20-,22-,23+,28+,29-,30-,31+/m1/s1. The summed E-state index contributed by atoms with van der Waals surface area (Å²) in [5.74, 6) is 2.08. The zero-order chi connectivity index (χ0) is 24.9. The van der Waals surface area contributed by atoms with E-state index in [2.05, 4.69) is 54.5 Å². The Morgan fingerprint density at radius 1 is 0.824 bits per heavy atom. The lowest BCUT2D eigenvalue weighted by molar-refractivity contribution is -0.213. The zero-order valence-electron chi connectivity index (χ0n) is 23.1. The smallest absolute Gasteiger partial charge is 0.315 e. The predicted octanol–water partition coefficient (Wildman–Crippen LogP) is 7.53. The van der Waals surface area contributed by atoms with Gasteiger partial charge < -0.3 is 4.74 Å². The zero-order valence-corrected chi connectivity index (χ0v) is 23.1. The van der Waals surface area contributed by atoms with Crippen molar-refractivity contribution in [2.24, 2.45) is 50.2 Å². The van der Waals surface area contributed by atoms with Crippen molar-refractivity contribution in [2.75, 3.05) is 7.11 Å². The van der Waals surface area contributed by atoms with Crippen LogP contribution in [0.15, 0.2) is 11.6 Å². The van der Waals surface area contributed by atoms with Crippen LogP contribution in [0.4, 0.5) is 0 Å². The number of hydrogen-bond donors (Lipinski definition) is 0. The molecule has 3 heteroatoms. The molecule has 7 atom stereocenters. The number of carbonyl (C=O) groups excluding carboxylic acids is 2. The summed E-state index contributed by atoms with van der Waals surface area (Å²) in [4.78, 5) is 26.3. The molecule has 0 saturated heterocycles. The summed E-state index contributed by atoms with van der Waals surface area (Å²) in [5.41, 5.74) is 1.62. The van der Waals surface area contributed by atoms with E-state index in [0.717, 1.165) is 44.9 Å². The quantitative estimate of drug-likeness (QED) is 0.295. The van der Waals surface area contributed by atoms with Crippen LogP contribution in [-0.2, 0) is 14.3 Å². The minimum Gasteiger partial charge on any atom is -0.468 e.